The number of carbonyl (C=O) groups is 1. The molecule has 0 saturated carbocycles. The highest BCUT2D eigenvalue weighted by molar-refractivity contribution is 6.33. The van der Waals surface area contributed by atoms with Gasteiger partial charge in [-0.1, -0.05) is 29.8 Å². The van der Waals surface area contributed by atoms with Crippen LogP contribution in [-0.4, -0.2) is 53.4 Å². The van der Waals surface area contributed by atoms with Crippen LogP contribution in [-0.2, 0) is 22.6 Å². The molecule has 0 unspecified atom stereocenters. The zero-order valence-corrected chi connectivity index (χ0v) is 23.5. The first kappa shape index (κ1) is 31.6. The molecule has 13 heteroatoms. The van der Waals surface area contributed by atoms with E-state index in [4.69, 9.17) is 11.6 Å². The largest absolute Gasteiger partial charge is 0.416 e. The number of hydrogen-bond donors (Lipinski definition) is 2. The van der Waals surface area contributed by atoms with Gasteiger partial charge in [-0.05, 0) is 56.2 Å². The number of β-amino-alcohol motifs (C(OH)–C–C–N with tert-alkyl or cyclic N) is 1. The molecular formula is C29H28ClF6N3O3. The van der Waals surface area contributed by atoms with Crippen LogP contribution in [0.25, 0.3) is 11.1 Å². The maximum atomic E-state index is 13.9. The normalized spacial score (nSPS) is 18.0. The van der Waals surface area contributed by atoms with Crippen LogP contribution < -0.4 is 9.80 Å². The monoisotopic (exact) mass is 615 g/mol. The van der Waals surface area contributed by atoms with Gasteiger partial charge in [0, 0.05) is 29.7 Å². The maximum Gasteiger partial charge on any atom is 0.416 e. The van der Waals surface area contributed by atoms with Gasteiger partial charge in [0.15, 0.2) is 0 Å². The van der Waals surface area contributed by atoms with Crippen molar-refractivity contribution in [1.29, 1.82) is 0 Å². The molecule has 2 atom stereocenters. The van der Waals surface area contributed by atoms with Crippen LogP contribution >= 0.6 is 11.6 Å². The second-order valence-corrected chi connectivity index (χ2v) is 11.1. The average Bonchev–Trinajstić information content (AvgIpc) is 3.31. The van der Waals surface area contributed by atoms with Gasteiger partial charge in [-0.3, -0.25) is 4.79 Å². The number of anilines is 2. The molecular weight excluding hydrogens is 588 g/mol. The highest BCUT2D eigenvalue weighted by Gasteiger charge is 2.41. The summed E-state index contributed by atoms with van der Waals surface area (Å²) in [4.78, 5) is 21.1. The van der Waals surface area contributed by atoms with Crippen molar-refractivity contribution < 1.29 is 41.4 Å². The van der Waals surface area contributed by atoms with E-state index < -0.39 is 52.5 Å². The molecule has 1 amide bonds. The van der Waals surface area contributed by atoms with Crippen molar-refractivity contribution in [1.82, 2.24) is 4.98 Å². The Hall–Kier alpha value is -3.35. The third-order valence-corrected chi connectivity index (χ3v) is 7.77. The Morgan fingerprint density at radius 2 is 1.57 bits per heavy atom. The van der Waals surface area contributed by atoms with E-state index in [1.165, 1.54) is 27.1 Å². The quantitative estimate of drug-likeness (QED) is 0.318. The Labute approximate surface area is 243 Å². The third kappa shape index (κ3) is 6.20. The van der Waals surface area contributed by atoms with Crippen molar-refractivity contribution in [3.63, 3.8) is 0 Å². The number of aromatic nitrogens is 1. The number of alkyl halides is 6. The highest BCUT2D eigenvalue weighted by Crippen LogP contribution is 2.42. The third-order valence-electron chi connectivity index (χ3n) is 7.44. The number of nitrogens with zero attached hydrogens (tertiary/aromatic N) is 3. The zero-order valence-electron chi connectivity index (χ0n) is 22.8. The molecule has 0 radical (unpaired) electrons. The second-order valence-electron chi connectivity index (χ2n) is 10.7. The molecule has 0 bridgehead atoms. The zero-order chi connectivity index (χ0) is 31.2. The Balaban J connectivity index is 1.82. The first-order valence-corrected chi connectivity index (χ1v) is 13.2. The molecule has 2 aromatic carbocycles. The van der Waals surface area contributed by atoms with Crippen LogP contribution in [0.4, 0.5) is 37.8 Å². The summed E-state index contributed by atoms with van der Waals surface area (Å²) in [5.74, 6) is -0.431. The lowest BCUT2D eigenvalue weighted by Gasteiger charge is -2.32. The standard InChI is InChI=1S/C29H28ClF6N3O3/c1-27(2,16-8-17(28(31,32)33)10-18(9-16)29(34,35)36)26(42)38(3)24-13-37-25(39-14-20(41)11-19(39)15-40)12-22(24)21-6-4-5-7-23(21)30/h4-10,12-13,19-20,40-41H,11,14-15H2,1-3H3/t19-,20-/m1/s1. The minimum Gasteiger partial charge on any atom is -0.394 e. The van der Waals surface area contributed by atoms with Crippen molar-refractivity contribution in [2.75, 3.05) is 30.0 Å². The van der Waals surface area contributed by atoms with E-state index >= 15 is 0 Å². The number of benzene rings is 2. The molecule has 226 valence electrons. The SMILES string of the molecule is CN(C(=O)C(C)(C)c1cc(C(F)(F)F)cc(C(F)(F)F)c1)c1cnc(N2C[C@H](O)C[C@@H]2CO)cc1-c1ccccc1Cl. The fourth-order valence-corrected chi connectivity index (χ4v) is 5.31. The average molecular weight is 616 g/mol. The summed E-state index contributed by atoms with van der Waals surface area (Å²) < 4.78 is 81.3. The smallest absolute Gasteiger partial charge is 0.394 e. The minimum atomic E-state index is -5.08. The molecule has 1 aliphatic heterocycles. The molecule has 2 N–H and O–H groups in total. The molecule has 4 rings (SSSR count). The van der Waals surface area contributed by atoms with E-state index in [9.17, 15) is 41.4 Å². The molecule has 0 aliphatic carbocycles. The van der Waals surface area contributed by atoms with Crippen LogP contribution in [0.3, 0.4) is 0 Å². The van der Waals surface area contributed by atoms with Gasteiger partial charge in [0.2, 0.25) is 5.91 Å². The fourth-order valence-electron chi connectivity index (χ4n) is 5.07. The van der Waals surface area contributed by atoms with E-state index in [0.29, 0.717) is 40.5 Å². The molecule has 1 aliphatic rings. The molecule has 1 saturated heterocycles. The van der Waals surface area contributed by atoms with Gasteiger partial charge in [-0.25, -0.2) is 4.98 Å². The minimum absolute atomic E-state index is 0.0147. The summed E-state index contributed by atoms with van der Waals surface area (Å²) in [5.41, 5.74) is -4.29. The summed E-state index contributed by atoms with van der Waals surface area (Å²) >= 11 is 6.48. The van der Waals surface area contributed by atoms with Crippen molar-refractivity contribution in [2.45, 2.75) is 50.2 Å². The van der Waals surface area contributed by atoms with E-state index in [1.807, 2.05) is 0 Å². The number of rotatable bonds is 6. The van der Waals surface area contributed by atoms with Crippen LogP contribution in [0.1, 0.15) is 37.0 Å². The van der Waals surface area contributed by atoms with Gasteiger partial charge in [0.05, 0.1) is 47.2 Å². The predicted octanol–water partition coefficient (Wildman–Crippen LogP) is 6.31. The number of hydrogen-bond acceptors (Lipinski definition) is 5. The maximum absolute atomic E-state index is 13.9. The number of halogens is 7. The highest BCUT2D eigenvalue weighted by atomic mass is 35.5. The number of likely N-dealkylation sites (N-methyl/N-ethyl adjacent to an activating group) is 1. The number of aliphatic hydroxyl groups is 2. The van der Waals surface area contributed by atoms with Gasteiger partial charge in [-0.15, -0.1) is 0 Å². The summed E-state index contributed by atoms with van der Waals surface area (Å²) in [7, 11) is 1.34. The Kier molecular flexibility index (Phi) is 8.56. The van der Waals surface area contributed by atoms with E-state index in [-0.39, 0.29) is 24.9 Å². The van der Waals surface area contributed by atoms with Crippen LogP contribution in [0, 0.1) is 0 Å². The van der Waals surface area contributed by atoms with E-state index in [1.54, 1.807) is 35.2 Å². The lowest BCUT2D eigenvalue weighted by atomic mass is 9.81. The molecule has 1 fully saturated rings. The van der Waals surface area contributed by atoms with Crippen LogP contribution in [0.5, 0.6) is 0 Å². The summed E-state index contributed by atoms with van der Waals surface area (Å²) in [6, 6.07) is 8.99. The molecule has 1 aromatic heterocycles. The molecule has 6 nitrogen and oxygen atoms in total. The van der Waals surface area contributed by atoms with Gasteiger partial charge < -0.3 is 20.0 Å². The Morgan fingerprint density at radius 3 is 2.12 bits per heavy atom. The first-order chi connectivity index (χ1) is 19.4. The number of aliphatic hydroxyl groups excluding tert-OH is 2. The van der Waals surface area contributed by atoms with Gasteiger partial charge in [0.25, 0.3) is 0 Å². The molecule has 0 spiro atoms. The fraction of sp³-hybridized carbons (Fsp3) is 0.379. The van der Waals surface area contributed by atoms with Gasteiger partial charge in [0.1, 0.15) is 5.82 Å². The second kappa shape index (κ2) is 11.4. The predicted molar refractivity (Wildman–Crippen MR) is 146 cm³/mol. The topological polar surface area (TPSA) is 76.9 Å². The number of carbonyl (C=O) groups excluding carboxylic acids is 1. The van der Waals surface area contributed by atoms with Gasteiger partial charge in [-0.2, -0.15) is 26.3 Å². The van der Waals surface area contributed by atoms with Crippen molar-refractivity contribution in [3.8, 4) is 11.1 Å². The van der Waals surface area contributed by atoms with E-state index in [2.05, 4.69) is 4.98 Å². The molecule has 2 heterocycles. The number of pyridine rings is 1. The summed E-state index contributed by atoms with van der Waals surface area (Å²) in [6.07, 6.45) is -9.20. The lowest BCUT2D eigenvalue weighted by Crippen LogP contribution is -2.42. The molecule has 3 aromatic rings. The van der Waals surface area contributed by atoms with Crippen LogP contribution in [0.15, 0.2) is 54.7 Å². The molecule has 42 heavy (non-hydrogen) atoms. The summed E-state index contributed by atoms with van der Waals surface area (Å²) in [5, 5.41) is 20.3. The lowest BCUT2D eigenvalue weighted by molar-refractivity contribution is -0.143. The summed E-state index contributed by atoms with van der Waals surface area (Å²) in [6.45, 7) is 2.44. The van der Waals surface area contributed by atoms with E-state index in [0.717, 1.165) is 4.90 Å². The van der Waals surface area contributed by atoms with Crippen molar-refractivity contribution in [2.24, 2.45) is 0 Å². The van der Waals surface area contributed by atoms with Gasteiger partial charge >= 0.3 is 12.4 Å². The first-order valence-electron chi connectivity index (χ1n) is 12.8. The van der Waals surface area contributed by atoms with Crippen molar-refractivity contribution >= 4 is 29.0 Å². The Bertz CT molecular complexity index is 1450. The Morgan fingerprint density at radius 1 is 1.00 bits per heavy atom. The van der Waals surface area contributed by atoms with Crippen LogP contribution in [0.2, 0.25) is 5.02 Å². The number of amides is 1. The van der Waals surface area contributed by atoms with Crippen molar-refractivity contribution in [3.05, 3.63) is 76.4 Å².